The zero-order chi connectivity index (χ0) is 33.1. The lowest BCUT2D eigenvalue weighted by Crippen LogP contribution is -2.22. The van der Waals surface area contributed by atoms with Crippen molar-refractivity contribution in [3.8, 4) is 28.5 Å². The van der Waals surface area contributed by atoms with Crippen molar-refractivity contribution in [2.24, 2.45) is 0 Å². The molecular formula is C41H40N2O5. The van der Waals surface area contributed by atoms with Crippen molar-refractivity contribution in [3.63, 3.8) is 0 Å². The largest absolute Gasteiger partial charge is 0.494 e. The predicted molar refractivity (Wildman–Crippen MR) is 190 cm³/mol. The van der Waals surface area contributed by atoms with Crippen LogP contribution in [0.4, 0.5) is 4.79 Å². The monoisotopic (exact) mass is 640 g/mol. The number of fused-ring (bicyclic) bond motifs is 1. The van der Waals surface area contributed by atoms with Crippen LogP contribution in [0.2, 0.25) is 0 Å². The van der Waals surface area contributed by atoms with Crippen molar-refractivity contribution in [3.05, 3.63) is 150 Å². The average Bonchev–Trinajstić information content (AvgIpc) is 3.39. The number of rotatable bonds is 15. The van der Waals surface area contributed by atoms with Gasteiger partial charge in [-0.25, -0.2) is 4.79 Å². The molecule has 0 aliphatic carbocycles. The Morgan fingerprint density at radius 1 is 0.667 bits per heavy atom. The van der Waals surface area contributed by atoms with Gasteiger partial charge < -0.3 is 29.2 Å². The van der Waals surface area contributed by atoms with E-state index in [0.717, 1.165) is 68.9 Å². The number of benzene rings is 5. The molecule has 0 unspecified atom stereocenters. The van der Waals surface area contributed by atoms with Crippen LogP contribution in [0, 0.1) is 6.92 Å². The van der Waals surface area contributed by atoms with Gasteiger partial charge in [0.05, 0.1) is 12.3 Å². The van der Waals surface area contributed by atoms with Crippen molar-refractivity contribution in [2.45, 2.75) is 39.5 Å². The van der Waals surface area contributed by atoms with Gasteiger partial charge in [-0.2, -0.15) is 0 Å². The summed E-state index contributed by atoms with van der Waals surface area (Å²) in [6, 6.07) is 43.3. The Hall–Kier alpha value is -5.69. The first kappa shape index (κ1) is 32.3. The van der Waals surface area contributed by atoms with Crippen molar-refractivity contribution in [2.75, 3.05) is 13.2 Å². The molecule has 7 nitrogen and oxygen atoms in total. The molecule has 6 rings (SSSR count). The first-order chi connectivity index (χ1) is 23.5. The maximum absolute atomic E-state index is 10.6. The fourth-order valence-electron chi connectivity index (χ4n) is 5.80. The van der Waals surface area contributed by atoms with Crippen molar-refractivity contribution >= 4 is 17.0 Å². The summed E-state index contributed by atoms with van der Waals surface area (Å²) in [7, 11) is 0. The Balaban J connectivity index is 1.23. The van der Waals surface area contributed by atoms with Crippen LogP contribution in [-0.4, -0.2) is 28.9 Å². The van der Waals surface area contributed by atoms with Crippen molar-refractivity contribution in [1.29, 1.82) is 0 Å². The molecule has 0 aliphatic heterocycles. The summed E-state index contributed by atoms with van der Waals surface area (Å²) >= 11 is 0. The van der Waals surface area contributed by atoms with E-state index in [1.165, 1.54) is 5.56 Å². The van der Waals surface area contributed by atoms with Crippen LogP contribution < -0.4 is 19.5 Å². The minimum atomic E-state index is -0.998. The van der Waals surface area contributed by atoms with E-state index in [2.05, 4.69) is 83.5 Å². The Kier molecular flexibility index (Phi) is 10.6. The summed E-state index contributed by atoms with van der Waals surface area (Å²) in [4.78, 5) is 10.6. The molecule has 1 heterocycles. The number of carboxylic acid groups (broad SMARTS) is 1. The molecule has 0 saturated carbocycles. The molecule has 5 aromatic carbocycles. The highest BCUT2D eigenvalue weighted by atomic mass is 16.5. The van der Waals surface area contributed by atoms with E-state index in [-0.39, 0.29) is 0 Å². The first-order valence-electron chi connectivity index (χ1n) is 16.3. The highest BCUT2D eigenvalue weighted by molar-refractivity contribution is 5.92. The van der Waals surface area contributed by atoms with Crippen LogP contribution in [0.3, 0.4) is 0 Å². The molecule has 0 atom stereocenters. The van der Waals surface area contributed by atoms with Crippen LogP contribution in [0.25, 0.3) is 22.2 Å². The van der Waals surface area contributed by atoms with Gasteiger partial charge in [0.2, 0.25) is 0 Å². The zero-order valence-corrected chi connectivity index (χ0v) is 27.1. The number of amides is 1. The number of unbranched alkanes of at least 4 members (excludes halogenated alkanes) is 1. The zero-order valence-electron chi connectivity index (χ0n) is 27.1. The van der Waals surface area contributed by atoms with E-state index >= 15 is 0 Å². The predicted octanol–water partition coefficient (Wildman–Crippen LogP) is 9.25. The van der Waals surface area contributed by atoms with Gasteiger partial charge in [-0.1, -0.05) is 72.8 Å². The quantitative estimate of drug-likeness (QED) is 0.109. The fourth-order valence-corrected chi connectivity index (χ4v) is 5.80. The highest BCUT2D eigenvalue weighted by Gasteiger charge is 2.17. The number of carbonyl (C=O) groups is 1. The second-order valence-corrected chi connectivity index (χ2v) is 11.7. The van der Waals surface area contributed by atoms with Gasteiger partial charge >= 0.3 is 6.09 Å². The molecule has 0 fully saturated rings. The number of hydrogen-bond donors (Lipinski definition) is 2. The van der Waals surface area contributed by atoms with Gasteiger partial charge in [0, 0.05) is 24.0 Å². The summed E-state index contributed by atoms with van der Waals surface area (Å²) in [5.74, 6) is 2.46. The van der Waals surface area contributed by atoms with E-state index in [1.54, 1.807) is 0 Å². The number of aromatic nitrogens is 1. The summed E-state index contributed by atoms with van der Waals surface area (Å²) < 4.78 is 20.6. The third kappa shape index (κ3) is 8.36. The highest BCUT2D eigenvalue weighted by Crippen LogP contribution is 2.37. The van der Waals surface area contributed by atoms with Gasteiger partial charge in [0.25, 0.3) is 0 Å². The molecular weight excluding hydrogens is 600 g/mol. The molecule has 0 bridgehead atoms. The number of nitrogens with zero attached hydrogens (tertiary/aromatic N) is 1. The first-order valence-corrected chi connectivity index (χ1v) is 16.3. The topological polar surface area (TPSA) is 82.0 Å². The maximum Gasteiger partial charge on any atom is 0.404 e. The lowest BCUT2D eigenvalue weighted by atomic mass is 10.1. The number of nitrogens with one attached hydrogen (secondary N) is 1. The molecule has 6 aromatic rings. The molecule has 1 aromatic heterocycles. The van der Waals surface area contributed by atoms with E-state index < -0.39 is 6.09 Å². The second kappa shape index (κ2) is 15.7. The lowest BCUT2D eigenvalue weighted by Gasteiger charge is -2.14. The van der Waals surface area contributed by atoms with Crippen LogP contribution in [-0.2, 0) is 19.8 Å². The molecule has 48 heavy (non-hydrogen) atoms. The number of ether oxygens (including phenoxy) is 3. The normalized spacial score (nSPS) is 10.9. The number of aryl methyl sites for hydroxylation is 1. The molecule has 0 aliphatic rings. The van der Waals surface area contributed by atoms with E-state index in [1.807, 2.05) is 60.7 Å². The average molecular weight is 641 g/mol. The Bertz CT molecular complexity index is 1920. The van der Waals surface area contributed by atoms with E-state index in [0.29, 0.717) is 32.9 Å². The van der Waals surface area contributed by atoms with Crippen LogP contribution >= 0.6 is 0 Å². The third-order valence-electron chi connectivity index (χ3n) is 8.29. The minimum absolute atomic E-state index is 0.425. The summed E-state index contributed by atoms with van der Waals surface area (Å²) in [6.07, 6.45) is 0.501. The fraction of sp³-hybridized carbons (Fsp3) is 0.195. The Labute approximate surface area is 281 Å². The molecule has 0 saturated heterocycles. The van der Waals surface area contributed by atoms with Gasteiger partial charge in [0.1, 0.15) is 30.5 Å². The smallest absolute Gasteiger partial charge is 0.404 e. The van der Waals surface area contributed by atoms with E-state index in [9.17, 15) is 4.79 Å². The Morgan fingerprint density at radius 2 is 1.25 bits per heavy atom. The van der Waals surface area contributed by atoms with Gasteiger partial charge in [-0.05, 0) is 102 Å². The molecule has 244 valence electrons. The van der Waals surface area contributed by atoms with Gasteiger partial charge in [0.15, 0.2) is 0 Å². The third-order valence-corrected chi connectivity index (χ3v) is 8.29. The van der Waals surface area contributed by atoms with Crippen LogP contribution in [0.15, 0.2) is 127 Å². The maximum atomic E-state index is 10.6. The standard InChI is InChI=1S/C41H40N2O5/c1-30-38-26-37(48-29-33-12-6-3-7-13-33)22-23-39(38)43(27-31-14-18-35(19-15-31)46-25-9-8-24-42-41(44)45)40(30)34-16-20-36(21-17-34)47-28-32-10-4-2-5-11-32/h2-7,10-23,26,42H,8-9,24-25,27-29H2,1H3,(H,44,45). The molecule has 0 spiro atoms. The second-order valence-electron chi connectivity index (χ2n) is 11.7. The van der Waals surface area contributed by atoms with Crippen molar-refractivity contribution < 1.29 is 24.1 Å². The summed E-state index contributed by atoms with van der Waals surface area (Å²) in [5, 5.41) is 12.2. The summed E-state index contributed by atoms with van der Waals surface area (Å²) in [6.45, 7) is 4.85. The molecule has 1 amide bonds. The van der Waals surface area contributed by atoms with Crippen LogP contribution in [0.5, 0.6) is 17.2 Å². The van der Waals surface area contributed by atoms with E-state index in [4.69, 9.17) is 19.3 Å². The molecule has 2 N–H and O–H groups in total. The van der Waals surface area contributed by atoms with Gasteiger partial charge in [-0.15, -0.1) is 0 Å². The number of hydrogen-bond acceptors (Lipinski definition) is 4. The summed E-state index contributed by atoms with van der Waals surface area (Å²) in [5.41, 5.74) is 7.99. The Morgan fingerprint density at radius 3 is 1.90 bits per heavy atom. The SMILES string of the molecule is Cc1c(-c2ccc(OCc3ccccc3)cc2)n(Cc2ccc(OCCCCNC(=O)O)cc2)c2ccc(OCc3ccccc3)cc12. The molecule has 7 heteroatoms. The van der Waals surface area contributed by atoms with Crippen LogP contribution in [0.1, 0.15) is 35.1 Å². The minimum Gasteiger partial charge on any atom is -0.494 e. The molecule has 0 radical (unpaired) electrons. The van der Waals surface area contributed by atoms with Crippen molar-refractivity contribution in [1.82, 2.24) is 9.88 Å². The van der Waals surface area contributed by atoms with Gasteiger partial charge in [-0.3, -0.25) is 0 Å². The lowest BCUT2D eigenvalue weighted by molar-refractivity contribution is 0.194.